The number of aromatic nitrogens is 1. The quantitative estimate of drug-likeness (QED) is 0.366. The van der Waals surface area contributed by atoms with Crippen molar-refractivity contribution in [3.05, 3.63) is 90.0 Å². The molecule has 0 bridgehead atoms. The summed E-state index contributed by atoms with van der Waals surface area (Å²) in [6.07, 6.45) is 0. The zero-order valence-electron chi connectivity index (χ0n) is 16.3. The van der Waals surface area contributed by atoms with Gasteiger partial charge in [0.15, 0.2) is 0 Å². The van der Waals surface area contributed by atoms with E-state index in [2.05, 4.69) is 90.7 Å². The summed E-state index contributed by atoms with van der Waals surface area (Å²) in [6.45, 7) is 4.05. The lowest BCUT2D eigenvalue weighted by molar-refractivity contribution is 0.819. The Morgan fingerprint density at radius 2 is 1.76 bits per heavy atom. The van der Waals surface area contributed by atoms with E-state index in [4.69, 9.17) is 4.98 Å². The van der Waals surface area contributed by atoms with Crippen molar-refractivity contribution in [1.29, 1.82) is 0 Å². The lowest BCUT2D eigenvalue weighted by atomic mass is 10.1. The van der Waals surface area contributed by atoms with Crippen LogP contribution in [0.1, 0.15) is 11.1 Å². The van der Waals surface area contributed by atoms with Gasteiger partial charge in [0.25, 0.3) is 0 Å². The van der Waals surface area contributed by atoms with Gasteiger partial charge in [0.05, 0.1) is 5.52 Å². The molecule has 29 heavy (non-hydrogen) atoms. The molecule has 0 spiro atoms. The topological polar surface area (TPSA) is 16.1 Å². The fourth-order valence-corrected chi connectivity index (χ4v) is 5.69. The largest absolute Gasteiger partial charge is 0.351 e. The molecule has 2 nitrogen and oxygen atoms in total. The number of pyridine rings is 1. The summed E-state index contributed by atoms with van der Waals surface area (Å²) in [7, 11) is 0. The first-order valence-corrected chi connectivity index (χ1v) is 11.7. The zero-order valence-corrected chi connectivity index (χ0v) is 18.0. The van der Waals surface area contributed by atoms with E-state index in [1.807, 2.05) is 23.5 Å². The lowest BCUT2D eigenvalue weighted by Gasteiger charge is -2.23. The molecule has 0 saturated heterocycles. The molecule has 0 fully saturated rings. The van der Waals surface area contributed by atoms with Crippen molar-refractivity contribution in [3.63, 3.8) is 0 Å². The van der Waals surface area contributed by atoms with Crippen LogP contribution in [0.3, 0.4) is 0 Å². The van der Waals surface area contributed by atoms with Crippen LogP contribution in [-0.4, -0.2) is 17.3 Å². The number of aryl methyl sites for hydroxylation is 1. The van der Waals surface area contributed by atoms with E-state index < -0.39 is 0 Å². The van der Waals surface area contributed by atoms with Crippen LogP contribution in [0, 0.1) is 6.92 Å². The van der Waals surface area contributed by atoms with Crippen molar-refractivity contribution in [3.8, 4) is 0 Å². The Morgan fingerprint density at radius 3 is 2.66 bits per heavy atom. The molecule has 0 saturated carbocycles. The Bertz CT molecular complexity index is 1160. The molecule has 3 aromatic carbocycles. The zero-order chi connectivity index (χ0) is 19.6. The molecule has 0 amide bonds. The molecule has 4 aromatic rings. The maximum absolute atomic E-state index is 5.06. The van der Waals surface area contributed by atoms with Gasteiger partial charge in [-0.2, -0.15) is 0 Å². The maximum atomic E-state index is 5.06. The van der Waals surface area contributed by atoms with Crippen LogP contribution in [0.15, 0.2) is 93.5 Å². The van der Waals surface area contributed by atoms with E-state index in [9.17, 15) is 0 Å². The molecule has 2 heterocycles. The van der Waals surface area contributed by atoms with E-state index in [0.717, 1.165) is 30.2 Å². The third kappa shape index (κ3) is 4.00. The monoisotopic (exact) mass is 414 g/mol. The maximum Gasteiger partial charge on any atom is 0.130 e. The summed E-state index contributed by atoms with van der Waals surface area (Å²) in [5, 5.41) is 1.23. The number of benzene rings is 3. The van der Waals surface area contributed by atoms with Crippen molar-refractivity contribution >= 4 is 40.2 Å². The highest BCUT2D eigenvalue weighted by molar-refractivity contribution is 7.99. The Labute approximate surface area is 180 Å². The van der Waals surface area contributed by atoms with E-state index in [0.29, 0.717) is 0 Å². The fraction of sp³-hybridized carbons (Fsp3) is 0.160. The molecule has 4 heteroatoms. The molecule has 144 valence electrons. The molecule has 0 aliphatic carbocycles. The lowest BCUT2D eigenvalue weighted by Crippen LogP contribution is -2.25. The molecule has 1 aromatic heterocycles. The van der Waals surface area contributed by atoms with Gasteiger partial charge in [-0.15, -0.1) is 11.8 Å². The van der Waals surface area contributed by atoms with Crippen molar-refractivity contribution in [1.82, 2.24) is 4.98 Å². The van der Waals surface area contributed by atoms with Crippen LogP contribution >= 0.6 is 23.5 Å². The number of hydrogen-bond acceptors (Lipinski definition) is 4. The molecule has 1 aliphatic heterocycles. The van der Waals surface area contributed by atoms with Gasteiger partial charge >= 0.3 is 0 Å². The van der Waals surface area contributed by atoms with Crippen LogP contribution in [0.25, 0.3) is 10.9 Å². The predicted octanol–water partition coefficient (Wildman–Crippen LogP) is 6.81. The SMILES string of the molecule is Cc1ccc2nc(N3CCSc4ccccc4C3)cc(Sc3ccccc3)c2c1. The summed E-state index contributed by atoms with van der Waals surface area (Å²) < 4.78 is 0. The van der Waals surface area contributed by atoms with E-state index in [1.54, 1.807) is 0 Å². The van der Waals surface area contributed by atoms with Crippen molar-refractivity contribution < 1.29 is 0 Å². The summed E-state index contributed by atoms with van der Waals surface area (Å²) in [6, 6.07) is 28.2. The van der Waals surface area contributed by atoms with Gasteiger partial charge in [0.2, 0.25) is 0 Å². The fourth-order valence-electron chi connectivity index (χ4n) is 3.68. The highest BCUT2D eigenvalue weighted by Gasteiger charge is 2.18. The van der Waals surface area contributed by atoms with Gasteiger partial charge in [0.1, 0.15) is 5.82 Å². The molecule has 0 unspecified atom stereocenters. The summed E-state index contributed by atoms with van der Waals surface area (Å²) in [4.78, 5) is 11.4. The van der Waals surface area contributed by atoms with Gasteiger partial charge < -0.3 is 4.90 Å². The Hall–Kier alpha value is -2.43. The van der Waals surface area contributed by atoms with Gasteiger partial charge in [-0.05, 0) is 48.9 Å². The minimum absolute atomic E-state index is 0.906. The number of nitrogens with zero attached hydrogens (tertiary/aromatic N) is 2. The number of rotatable bonds is 3. The average Bonchev–Trinajstić information content (AvgIpc) is 2.97. The van der Waals surface area contributed by atoms with Gasteiger partial charge in [-0.3, -0.25) is 0 Å². The number of anilines is 1. The normalized spacial score (nSPS) is 13.9. The number of thioether (sulfide) groups is 1. The van der Waals surface area contributed by atoms with Crippen molar-refractivity contribution in [2.45, 2.75) is 28.2 Å². The molecule has 0 radical (unpaired) electrons. The first-order valence-electron chi connectivity index (χ1n) is 9.86. The molecule has 5 rings (SSSR count). The smallest absolute Gasteiger partial charge is 0.130 e. The first kappa shape index (κ1) is 18.6. The van der Waals surface area contributed by atoms with Gasteiger partial charge in [-0.1, -0.05) is 59.8 Å². The van der Waals surface area contributed by atoms with Crippen LogP contribution in [0.5, 0.6) is 0 Å². The standard InChI is InChI=1S/C25H22N2S2/c1-18-11-12-22-21(15-18)24(29-20-8-3-2-4-9-20)16-25(26-22)27-13-14-28-23-10-6-5-7-19(23)17-27/h2-12,15-16H,13-14,17H2,1H3. The highest BCUT2D eigenvalue weighted by atomic mass is 32.2. The van der Waals surface area contributed by atoms with E-state index >= 15 is 0 Å². The van der Waals surface area contributed by atoms with E-state index in [-0.39, 0.29) is 0 Å². The van der Waals surface area contributed by atoms with Crippen LogP contribution < -0.4 is 4.90 Å². The molecular weight excluding hydrogens is 392 g/mol. The molecule has 0 N–H and O–H groups in total. The second kappa shape index (κ2) is 8.13. The van der Waals surface area contributed by atoms with Gasteiger partial charge in [-0.25, -0.2) is 4.98 Å². The van der Waals surface area contributed by atoms with Crippen LogP contribution in [0.4, 0.5) is 5.82 Å². The van der Waals surface area contributed by atoms with Gasteiger partial charge in [0, 0.05) is 38.9 Å². The van der Waals surface area contributed by atoms with Crippen LogP contribution in [0.2, 0.25) is 0 Å². The molecule has 1 aliphatic rings. The minimum Gasteiger partial charge on any atom is -0.351 e. The molecule has 0 atom stereocenters. The molecular formula is C25H22N2S2. The minimum atomic E-state index is 0.906. The first-order chi connectivity index (χ1) is 14.3. The summed E-state index contributed by atoms with van der Waals surface area (Å²) >= 11 is 3.77. The second-order valence-corrected chi connectivity index (χ2v) is 9.54. The predicted molar refractivity (Wildman–Crippen MR) is 125 cm³/mol. The number of hydrogen-bond donors (Lipinski definition) is 0. The average molecular weight is 415 g/mol. The third-order valence-corrected chi connectivity index (χ3v) is 7.32. The Morgan fingerprint density at radius 1 is 0.931 bits per heavy atom. The van der Waals surface area contributed by atoms with Crippen molar-refractivity contribution in [2.75, 3.05) is 17.2 Å². The Balaban J connectivity index is 1.58. The second-order valence-electron chi connectivity index (χ2n) is 7.29. The third-order valence-electron chi connectivity index (χ3n) is 5.16. The van der Waals surface area contributed by atoms with Crippen molar-refractivity contribution in [2.24, 2.45) is 0 Å². The summed E-state index contributed by atoms with van der Waals surface area (Å²) in [5.74, 6) is 2.14. The highest BCUT2D eigenvalue weighted by Crippen LogP contribution is 2.37. The Kier molecular flexibility index (Phi) is 5.21. The summed E-state index contributed by atoms with van der Waals surface area (Å²) in [5.41, 5.74) is 3.72. The van der Waals surface area contributed by atoms with Crippen LogP contribution in [-0.2, 0) is 6.54 Å². The number of fused-ring (bicyclic) bond motifs is 2. The van der Waals surface area contributed by atoms with E-state index in [1.165, 1.54) is 31.2 Å².